The summed E-state index contributed by atoms with van der Waals surface area (Å²) in [6.45, 7) is 3.23. The molecule has 2 aromatic heterocycles. The summed E-state index contributed by atoms with van der Waals surface area (Å²) in [5.74, 6) is 0.0294. The highest BCUT2D eigenvalue weighted by Gasteiger charge is 2.57. The van der Waals surface area contributed by atoms with Crippen LogP contribution in [0.5, 0.6) is 0 Å². The lowest BCUT2D eigenvalue weighted by molar-refractivity contribution is -0.272. The molecule has 0 aliphatic carbocycles. The van der Waals surface area contributed by atoms with Gasteiger partial charge in [0.2, 0.25) is 5.60 Å². The van der Waals surface area contributed by atoms with E-state index in [-0.39, 0.29) is 6.54 Å². The number of halogens is 3. The van der Waals surface area contributed by atoms with E-state index in [0.29, 0.717) is 11.5 Å². The van der Waals surface area contributed by atoms with Gasteiger partial charge < -0.3 is 24.4 Å². The smallest absolute Gasteiger partial charge is 0.374 e. The molecule has 2 amide bonds. The summed E-state index contributed by atoms with van der Waals surface area (Å²) in [7, 11) is 2.85. The van der Waals surface area contributed by atoms with Crippen LogP contribution >= 0.6 is 0 Å². The van der Waals surface area contributed by atoms with Crippen molar-refractivity contribution in [3.63, 3.8) is 0 Å². The molecule has 1 atom stereocenters. The molecule has 2 aromatic rings. The number of aliphatic hydroxyl groups is 1. The van der Waals surface area contributed by atoms with E-state index >= 15 is 0 Å². The van der Waals surface area contributed by atoms with Gasteiger partial charge in [0.05, 0.1) is 12.2 Å². The van der Waals surface area contributed by atoms with Gasteiger partial charge in [-0.1, -0.05) is 5.16 Å². The van der Waals surface area contributed by atoms with Gasteiger partial charge in [0.25, 0.3) is 0 Å². The van der Waals surface area contributed by atoms with Gasteiger partial charge in [0, 0.05) is 45.0 Å². The summed E-state index contributed by atoms with van der Waals surface area (Å²) in [4.78, 5) is 17.1. The zero-order chi connectivity index (χ0) is 20.4. The van der Waals surface area contributed by atoms with E-state index in [9.17, 15) is 23.1 Å². The monoisotopic (exact) mass is 389 g/mol. The predicted octanol–water partition coefficient (Wildman–Crippen LogP) is 2.01. The van der Waals surface area contributed by atoms with Crippen molar-refractivity contribution in [2.45, 2.75) is 38.6 Å². The number of nitrogens with one attached hydrogen (secondary N) is 1. The van der Waals surface area contributed by atoms with E-state index in [2.05, 4.69) is 15.5 Å². The summed E-state index contributed by atoms with van der Waals surface area (Å²) in [5.41, 5.74) is -1.81. The first-order chi connectivity index (χ1) is 12.5. The van der Waals surface area contributed by atoms with Crippen molar-refractivity contribution in [2.24, 2.45) is 7.05 Å². The minimum Gasteiger partial charge on any atom is -0.374 e. The number of hydrogen-bond acceptors (Lipinski definition) is 5. The molecule has 0 spiro atoms. The molecule has 0 bridgehead atoms. The molecule has 0 radical (unpaired) electrons. The maximum absolute atomic E-state index is 13.4. The average molecular weight is 389 g/mol. The molecule has 27 heavy (non-hydrogen) atoms. The third-order valence-corrected chi connectivity index (χ3v) is 4.35. The Morgan fingerprint density at radius 3 is 2.56 bits per heavy atom. The van der Waals surface area contributed by atoms with Crippen LogP contribution in [0.15, 0.2) is 16.9 Å². The highest BCUT2D eigenvalue weighted by molar-refractivity contribution is 5.73. The lowest BCUT2D eigenvalue weighted by Gasteiger charge is -2.30. The number of rotatable bonds is 6. The van der Waals surface area contributed by atoms with E-state index in [1.165, 1.54) is 31.4 Å². The second-order valence-electron chi connectivity index (χ2n) is 6.36. The third kappa shape index (κ3) is 4.24. The maximum Gasteiger partial charge on any atom is 0.424 e. The summed E-state index contributed by atoms with van der Waals surface area (Å²) in [5, 5.41) is 16.4. The van der Waals surface area contributed by atoms with Crippen LogP contribution in [0, 0.1) is 13.8 Å². The van der Waals surface area contributed by atoms with E-state index in [0.717, 1.165) is 10.1 Å². The average Bonchev–Trinajstić information content (AvgIpc) is 3.14. The number of nitrogens with zero attached hydrogens (tertiary/aromatic N) is 4. The zero-order valence-corrected chi connectivity index (χ0v) is 15.5. The fourth-order valence-corrected chi connectivity index (χ4v) is 2.67. The molecule has 150 valence electrons. The van der Waals surface area contributed by atoms with Crippen LogP contribution in [0.25, 0.3) is 0 Å². The Kier molecular flexibility index (Phi) is 5.83. The van der Waals surface area contributed by atoms with Gasteiger partial charge in [-0.25, -0.2) is 9.78 Å². The van der Waals surface area contributed by atoms with Gasteiger partial charge in [-0.15, -0.1) is 0 Å². The Hall–Kier alpha value is -2.56. The predicted molar refractivity (Wildman–Crippen MR) is 88.6 cm³/mol. The molecule has 0 aromatic carbocycles. The SMILES string of the molecule is Cc1noc(C)c1CN(C)C(=O)NCC[C@](O)(c1nccn1C)C(F)(F)F. The van der Waals surface area contributed by atoms with Crippen LogP contribution in [0.1, 0.15) is 29.3 Å². The van der Waals surface area contributed by atoms with Crippen LogP contribution in [0.3, 0.4) is 0 Å². The molecule has 8 nitrogen and oxygen atoms in total. The topological polar surface area (TPSA) is 96.4 Å². The fraction of sp³-hybridized carbons (Fsp3) is 0.562. The zero-order valence-electron chi connectivity index (χ0n) is 15.5. The number of imidazole rings is 1. The summed E-state index contributed by atoms with van der Waals surface area (Å²) in [6, 6.07) is -0.584. The fourth-order valence-electron chi connectivity index (χ4n) is 2.67. The Labute approximate surface area is 154 Å². The van der Waals surface area contributed by atoms with Crippen LogP contribution < -0.4 is 5.32 Å². The van der Waals surface area contributed by atoms with Gasteiger partial charge in [-0.3, -0.25) is 0 Å². The van der Waals surface area contributed by atoms with Gasteiger partial charge in [-0.05, 0) is 13.8 Å². The molecule has 11 heteroatoms. The number of aromatic nitrogens is 3. The number of alkyl halides is 3. The van der Waals surface area contributed by atoms with Gasteiger partial charge >= 0.3 is 12.2 Å². The van der Waals surface area contributed by atoms with Crippen molar-refractivity contribution in [3.05, 3.63) is 35.2 Å². The van der Waals surface area contributed by atoms with Crippen molar-refractivity contribution in [1.29, 1.82) is 0 Å². The molecule has 2 N–H and O–H groups in total. The second-order valence-corrected chi connectivity index (χ2v) is 6.36. The number of hydrogen-bond donors (Lipinski definition) is 2. The van der Waals surface area contributed by atoms with Crippen molar-refractivity contribution >= 4 is 6.03 Å². The van der Waals surface area contributed by atoms with Crippen molar-refractivity contribution in [1.82, 2.24) is 24.9 Å². The molecule has 0 saturated heterocycles. The Bertz CT molecular complexity index is 782. The minimum absolute atomic E-state index is 0.190. The molecular weight excluding hydrogens is 367 g/mol. The highest BCUT2D eigenvalue weighted by atomic mass is 19.4. The van der Waals surface area contributed by atoms with E-state index in [1.54, 1.807) is 13.8 Å². The third-order valence-electron chi connectivity index (χ3n) is 4.35. The molecular formula is C16H22F3N5O3. The number of carbonyl (C=O) groups is 1. The molecule has 0 saturated carbocycles. The van der Waals surface area contributed by atoms with Gasteiger partial charge in [-0.2, -0.15) is 13.2 Å². The first kappa shape index (κ1) is 20.7. The lowest BCUT2D eigenvalue weighted by Crippen LogP contribution is -2.47. The first-order valence-corrected chi connectivity index (χ1v) is 8.15. The summed E-state index contributed by atoms with van der Waals surface area (Å²) >= 11 is 0. The van der Waals surface area contributed by atoms with Gasteiger partial charge in [0.15, 0.2) is 0 Å². The van der Waals surface area contributed by atoms with Crippen LogP contribution in [-0.4, -0.2) is 50.5 Å². The molecule has 2 heterocycles. The summed E-state index contributed by atoms with van der Waals surface area (Å²) in [6.07, 6.45) is -3.24. The summed E-state index contributed by atoms with van der Waals surface area (Å²) < 4.78 is 46.4. The number of carbonyl (C=O) groups excluding carboxylic acids is 1. The molecule has 0 aliphatic heterocycles. The van der Waals surface area contributed by atoms with E-state index < -0.39 is 36.6 Å². The molecule has 0 fully saturated rings. The second kappa shape index (κ2) is 7.59. The van der Waals surface area contributed by atoms with Crippen molar-refractivity contribution < 1.29 is 27.6 Å². The molecule has 0 unspecified atom stereocenters. The van der Waals surface area contributed by atoms with E-state index in [1.807, 2.05) is 0 Å². The van der Waals surface area contributed by atoms with Crippen LogP contribution in [0.4, 0.5) is 18.0 Å². The first-order valence-electron chi connectivity index (χ1n) is 8.15. The quantitative estimate of drug-likeness (QED) is 0.788. The lowest BCUT2D eigenvalue weighted by atomic mass is 9.97. The number of urea groups is 1. The largest absolute Gasteiger partial charge is 0.424 e. The molecule has 0 aliphatic rings. The van der Waals surface area contributed by atoms with Gasteiger partial charge in [0.1, 0.15) is 11.6 Å². The Balaban J connectivity index is 2.00. The van der Waals surface area contributed by atoms with Crippen LogP contribution in [0.2, 0.25) is 0 Å². The Morgan fingerprint density at radius 1 is 1.41 bits per heavy atom. The highest BCUT2D eigenvalue weighted by Crippen LogP contribution is 2.40. The number of amides is 2. The Morgan fingerprint density at radius 2 is 2.07 bits per heavy atom. The standard InChI is InChI=1S/C16H22F3N5O3/c1-10-12(11(2)27-22-10)9-24(4)14(25)21-6-5-15(26,16(17,18)19)13-20-7-8-23(13)3/h7-8,26H,5-6,9H2,1-4H3,(H,21,25)/t15-/m0/s1. The van der Waals surface area contributed by atoms with E-state index in [4.69, 9.17) is 4.52 Å². The maximum atomic E-state index is 13.4. The van der Waals surface area contributed by atoms with Crippen molar-refractivity contribution in [2.75, 3.05) is 13.6 Å². The molecule has 2 rings (SSSR count). The minimum atomic E-state index is -4.95. The number of aryl methyl sites for hydroxylation is 3. The van der Waals surface area contributed by atoms with Crippen LogP contribution in [-0.2, 0) is 19.2 Å². The van der Waals surface area contributed by atoms with Crippen molar-refractivity contribution in [3.8, 4) is 0 Å². The normalized spacial score (nSPS) is 14.1.